The topological polar surface area (TPSA) is 84.7 Å². The quantitative estimate of drug-likeness (QED) is 0.767. The minimum absolute atomic E-state index is 0.277. The second kappa shape index (κ2) is 6.33. The molecule has 94 valence electrons. The van der Waals surface area contributed by atoms with Gasteiger partial charge in [-0.3, -0.25) is 10.3 Å². The van der Waals surface area contributed by atoms with Crippen molar-refractivity contribution >= 4 is 11.8 Å². The zero-order chi connectivity index (χ0) is 12.6. The summed E-state index contributed by atoms with van der Waals surface area (Å²) < 4.78 is 1.96. The van der Waals surface area contributed by atoms with Gasteiger partial charge in [-0.15, -0.1) is 0 Å². The number of hydrogen-bond acceptors (Lipinski definition) is 4. The number of carbonyl (C=O) groups is 1. The predicted octanol–water partition coefficient (Wildman–Crippen LogP) is 0.885. The first-order valence-electron chi connectivity index (χ1n) is 5.61. The molecule has 0 aliphatic carbocycles. The zero-order valence-electron chi connectivity index (χ0n) is 9.78. The van der Waals surface area contributed by atoms with Gasteiger partial charge < -0.3 is 9.88 Å². The summed E-state index contributed by atoms with van der Waals surface area (Å²) in [4.78, 5) is 23.2. The number of urea groups is 1. The molecular formula is C11H14N6O. The van der Waals surface area contributed by atoms with Crippen LogP contribution in [0.3, 0.4) is 0 Å². The molecule has 2 N–H and O–H groups in total. The van der Waals surface area contributed by atoms with E-state index in [1.807, 2.05) is 10.8 Å². The molecule has 2 aromatic rings. The van der Waals surface area contributed by atoms with Crippen LogP contribution < -0.4 is 10.6 Å². The first-order chi connectivity index (χ1) is 8.84. The van der Waals surface area contributed by atoms with Crippen LogP contribution in [0, 0.1) is 0 Å². The molecule has 0 aliphatic heterocycles. The van der Waals surface area contributed by atoms with Gasteiger partial charge in [-0.05, 0) is 6.42 Å². The smallest absolute Gasteiger partial charge is 0.320 e. The van der Waals surface area contributed by atoms with Crippen LogP contribution in [0.2, 0.25) is 0 Å². The van der Waals surface area contributed by atoms with Crippen LogP contribution in [-0.2, 0) is 6.54 Å². The molecule has 2 rings (SSSR count). The van der Waals surface area contributed by atoms with Crippen molar-refractivity contribution in [1.29, 1.82) is 0 Å². The molecule has 7 heteroatoms. The maximum atomic E-state index is 11.5. The summed E-state index contributed by atoms with van der Waals surface area (Å²) in [5.74, 6) is 0.435. The Bertz CT molecular complexity index is 470. The monoisotopic (exact) mass is 246 g/mol. The molecule has 2 heterocycles. The van der Waals surface area contributed by atoms with Gasteiger partial charge >= 0.3 is 6.03 Å². The number of aromatic nitrogens is 4. The lowest BCUT2D eigenvalue weighted by Gasteiger charge is -2.06. The Kier molecular flexibility index (Phi) is 4.23. The average molecular weight is 246 g/mol. The van der Waals surface area contributed by atoms with E-state index in [4.69, 9.17) is 0 Å². The minimum Gasteiger partial charge on any atom is -0.338 e. The van der Waals surface area contributed by atoms with Crippen molar-refractivity contribution in [3.05, 3.63) is 37.3 Å². The number of nitrogens with one attached hydrogen (secondary N) is 2. The first kappa shape index (κ1) is 12.0. The second-order valence-electron chi connectivity index (χ2n) is 3.63. The maximum absolute atomic E-state index is 11.5. The van der Waals surface area contributed by atoms with E-state index in [2.05, 4.69) is 25.6 Å². The van der Waals surface area contributed by atoms with Crippen molar-refractivity contribution in [1.82, 2.24) is 24.8 Å². The van der Waals surface area contributed by atoms with Crippen molar-refractivity contribution < 1.29 is 4.79 Å². The number of imidazole rings is 1. The lowest BCUT2D eigenvalue weighted by molar-refractivity contribution is 0.251. The van der Waals surface area contributed by atoms with Gasteiger partial charge in [0.15, 0.2) is 5.82 Å². The second-order valence-corrected chi connectivity index (χ2v) is 3.63. The number of carbonyl (C=O) groups excluding carboxylic acids is 1. The molecule has 0 aromatic carbocycles. The molecule has 0 atom stereocenters. The molecule has 18 heavy (non-hydrogen) atoms. The van der Waals surface area contributed by atoms with Gasteiger partial charge in [-0.1, -0.05) is 0 Å². The van der Waals surface area contributed by atoms with E-state index in [-0.39, 0.29) is 6.03 Å². The summed E-state index contributed by atoms with van der Waals surface area (Å²) in [5.41, 5.74) is 0. The van der Waals surface area contributed by atoms with Gasteiger partial charge in [0.1, 0.15) is 0 Å². The van der Waals surface area contributed by atoms with Crippen molar-refractivity contribution in [3.63, 3.8) is 0 Å². The number of anilines is 1. The van der Waals surface area contributed by atoms with Crippen LogP contribution in [0.5, 0.6) is 0 Å². The number of amides is 2. The SMILES string of the molecule is O=C(NCCCn1ccnc1)Nc1cnccn1. The Morgan fingerprint density at radius 3 is 2.94 bits per heavy atom. The standard InChI is InChI=1S/C11H14N6O/c18-11(16-10-8-12-3-4-14-10)15-2-1-6-17-7-5-13-9-17/h3-5,7-9H,1-2,6H2,(H2,14,15,16,18). The lowest BCUT2D eigenvalue weighted by Crippen LogP contribution is -2.30. The van der Waals surface area contributed by atoms with Crippen LogP contribution in [0.1, 0.15) is 6.42 Å². The van der Waals surface area contributed by atoms with Crippen LogP contribution in [0.25, 0.3) is 0 Å². The zero-order valence-corrected chi connectivity index (χ0v) is 9.78. The largest absolute Gasteiger partial charge is 0.338 e. The maximum Gasteiger partial charge on any atom is 0.320 e. The Hall–Kier alpha value is -2.44. The Morgan fingerprint density at radius 2 is 2.22 bits per heavy atom. The summed E-state index contributed by atoms with van der Waals surface area (Å²) in [7, 11) is 0. The normalized spacial score (nSPS) is 10.0. The highest BCUT2D eigenvalue weighted by atomic mass is 16.2. The fourth-order valence-corrected chi connectivity index (χ4v) is 1.41. The van der Waals surface area contributed by atoms with Crippen LogP contribution in [0.15, 0.2) is 37.3 Å². The lowest BCUT2D eigenvalue weighted by atomic mass is 10.4. The predicted molar refractivity (Wildman–Crippen MR) is 65.9 cm³/mol. The summed E-state index contributed by atoms with van der Waals surface area (Å²) in [5, 5.41) is 5.33. The number of nitrogens with zero attached hydrogens (tertiary/aromatic N) is 4. The Morgan fingerprint density at radius 1 is 1.28 bits per heavy atom. The van der Waals surface area contributed by atoms with Gasteiger partial charge in [0.25, 0.3) is 0 Å². The third-order valence-corrected chi connectivity index (χ3v) is 2.24. The van der Waals surface area contributed by atoms with Gasteiger partial charge in [-0.2, -0.15) is 0 Å². The third kappa shape index (κ3) is 3.85. The van der Waals surface area contributed by atoms with Crippen molar-refractivity contribution in [2.45, 2.75) is 13.0 Å². The van der Waals surface area contributed by atoms with Crippen LogP contribution >= 0.6 is 0 Å². The van der Waals surface area contributed by atoms with Crippen LogP contribution in [-0.4, -0.2) is 32.1 Å². The van der Waals surface area contributed by atoms with Gasteiger partial charge in [-0.25, -0.2) is 14.8 Å². The number of hydrogen-bond donors (Lipinski definition) is 2. The molecule has 0 spiro atoms. The van der Waals surface area contributed by atoms with Crippen molar-refractivity contribution in [2.75, 3.05) is 11.9 Å². The van der Waals surface area contributed by atoms with Gasteiger partial charge in [0.2, 0.25) is 0 Å². The minimum atomic E-state index is -0.277. The molecule has 0 saturated carbocycles. The highest BCUT2D eigenvalue weighted by Crippen LogP contribution is 1.96. The Balaban J connectivity index is 1.63. The number of aryl methyl sites for hydroxylation is 1. The molecule has 2 amide bonds. The highest BCUT2D eigenvalue weighted by Gasteiger charge is 2.01. The van der Waals surface area contributed by atoms with Crippen molar-refractivity contribution in [3.8, 4) is 0 Å². The van der Waals surface area contributed by atoms with E-state index in [0.29, 0.717) is 12.4 Å². The van der Waals surface area contributed by atoms with E-state index < -0.39 is 0 Å². The van der Waals surface area contributed by atoms with Crippen LogP contribution in [0.4, 0.5) is 10.6 Å². The summed E-state index contributed by atoms with van der Waals surface area (Å²) >= 11 is 0. The fourth-order valence-electron chi connectivity index (χ4n) is 1.41. The van der Waals surface area contributed by atoms with Gasteiger partial charge in [0, 0.05) is 37.9 Å². The van der Waals surface area contributed by atoms with E-state index >= 15 is 0 Å². The summed E-state index contributed by atoms with van der Waals surface area (Å²) in [6.45, 7) is 1.41. The summed E-state index contributed by atoms with van der Waals surface area (Å²) in [6, 6.07) is -0.277. The Labute approximate surface area is 104 Å². The molecule has 0 aliphatic rings. The molecule has 7 nitrogen and oxygen atoms in total. The molecular weight excluding hydrogens is 232 g/mol. The first-order valence-corrected chi connectivity index (χ1v) is 5.61. The molecule has 0 saturated heterocycles. The van der Waals surface area contributed by atoms with E-state index in [0.717, 1.165) is 13.0 Å². The fraction of sp³-hybridized carbons (Fsp3) is 0.273. The molecule has 0 radical (unpaired) electrons. The third-order valence-electron chi connectivity index (χ3n) is 2.24. The molecule has 0 unspecified atom stereocenters. The summed E-state index contributed by atoms with van der Waals surface area (Å²) in [6.07, 6.45) is 10.8. The van der Waals surface area contributed by atoms with E-state index in [1.54, 1.807) is 18.7 Å². The molecule has 2 aromatic heterocycles. The van der Waals surface area contributed by atoms with E-state index in [9.17, 15) is 4.79 Å². The van der Waals surface area contributed by atoms with Crippen molar-refractivity contribution in [2.24, 2.45) is 0 Å². The van der Waals surface area contributed by atoms with Gasteiger partial charge in [0.05, 0.1) is 12.5 Å². The highest BCUT2D eigenvalue weighted by molar-refractivity contribution is 5.87. The number of rotatable bonds is 5. The molecule has 0 bridgehead atoms. The molecule has 0 fully saturated rings. The van der Waals surface area contributed by atoms with E-state index in [1.165, 1.54) is 12.4 Å². The average Bonchev–Trinajstić information content (AvgIpc) is 2.89.